The van der Waals surface area contributed by atoms with E-state index in [0.717, 1.165) is 17.3 Å². The zero-order chi connectivity index (χ0) is 15.0. The van der Waals surface area contributed by atoms with Crippen LogP contribution in [0.3, 0.4) is 0 Å². The van der Waals surface area contributed by atoms with Gasteiger partial charge in [-0.25, -0.2) is 4.39 Å². The molecule has 0 aromatic heterocycles. The Morgan fingerprint density at radius 2 is 2.00 bits per heavy atom. The third-order valence-electron chi connectivity index (χ3n) is 3.33. The first-order chi connectivity index (χ1) is 10.1. The highest BCUT2D eigenvalue weighted by Crippen LogP contribution is 2.33. The number of rotatable bonds is 3. The van der Waals surface area contributed by atoms with Crippen LogP contribution in [-0.2, 0) is 4.79 Å². The van der Waals surface area contributed by atoms with E-state index in [1.165, 1.54) is 12.1 Å². The van der Waals surface area contributed by atoms with Crippen molar-refractivity contribution in [1.82, 2.24) is 0 Å². The highest BCUT2D eigenvalue weighted by Gasteiger charge is 2.30. The number of benzene rings is 2. The largest absolute Gasteiger partial charge is 0.370 e. The van der Waals surface area contributed by atoms with Crippen LogP contribution in [-0.4, -0.2) is 11.8 Å². The Labute approximate surface area is 120 Å². The van der Waals surface area contributed by atoms with E-state index in [4.69, 9.17) is 5.73 Å². The van der Waals surface area contributed by atoms with Gasteiger partial charge in [0, 0.05) is 16.9 Å². The van der Waals surface area contributed by atoms with E-state index in [0.29, 0.717) is 5.69 Å². The molecule has 0 saturated carbocycles. The van der Waals surface area contributed by atoms with Crippen LogP contribution in [0.4, 0.5) is 15.8 Å². The van der Waals surface area contributed by atoms with Crippen molar-refractivity contribution in [2.45, 2.75) is 6.04 Å². The molecule has 0 aliphatic carbocycles. The van der Waals surface area contributed by atoms with Crippen molar-refractivity contribution in [3.05, 3.63) is 59.4 Å². The van der Waals surface area contributed by atoms with Gasteiger partial charge >= 0.3 is 0 Å². The molecule has 0 fully saturated rings. The van der Waals surface area contributed by atoms with Gasteiger partial charge in [-0.3, -0.25) is 9.59 Å². The van der Waals surface area contributed by atoms with E-state index in [2.05, 4.69) is 10.6 Å². The number of carbonyl (C=O) groups excluding carboxylic acids is 2. The van der Waals surface area contributed by atoms with Gasteiger partial charge < -0.3 is 16.4 Å². The molecule has 2 aromatic rings. The Morgan fingerprint density at radius 3 is 2.76 bits per heavy atom. The molecule has 0 radical (unpaired) electrons. The van der Waals surface area contributed by atoms with Gasteiger partial charge in [-0.1, -0.05) is 18.2 Å². The number of primary amides is 1. The number of carbonyl (C=O) groups is 2. The number of para-hydroxylation sites is 1. The fourth-order valence-electron chi connectivity index (χ4n) is 2.32. The summed E-state index contributed by atoms with van der Waals surface area (Å²) in [6.45, 7) is 0. The number of hydrogen-bond acceptors (Lipinski definition) is 3. The van der Waals surface area contributed by atoms with Gasteiger partial charge in [0.05, 0.1) is 5.56 Å². The topological polar surface area (TPSA) is 84.2 Å². The molecule has 0 bridgehead atoms. The molecular formula is C15H12FN3O2. The molecule has 21 heavy (non-hydrogen) atoms. The fraction of sp³-hybridized carbons (Fsp3) is 0.0667. The minimum absolute atomic E-state index is 0.207. The number of nitrogens with one attached hydrogen (secondary N) is 2. The van der Waals surface area contributed by atoms with Crippen molar-refractivity contribution in [3.8, 4) is 0 Å². The first-order valence-corrected chi connectivity index (χ1v) is 6.32. The molecule has 0 saturated heterocycles. The number of nitrogens with two attached hydrogens (primary N) is 1. The van der Waals surface area contributed by atoms with Crippen molar-refractivity contribution in [1.29, 1.82) is 0 Å². The standard InChI is InChI=1S/C15H12FN3O2/c16-11-6-5-8(7-10(11)14(17)20)18-13-9-3-1-2-4-12(9)19-15(13)21/h1-7,13,18H,(H2,17,20)(H,19,21). The van der Waals surface area contributed by atoms with E-state index < -0.39 is 17.8 Å². The van der Waals surface area contributed by atoms with Crippen molar-refractivity contribution < 1.29 is 14.0 Å². The minimum Gasteiger partial charge on any atom is -0.370 e. The molecule has 1 heterocycles. The Morgan fingerprint density at radius 1 is 1.24 bits per heavy atom. The van der Waals surface area contributed by atoms with E-state index in [9.17, 15) is 14.0 Å². The lowest BCUT2D eigenvalue weighted by atomic mass is 10.1. The van der Waals surface area contributed by atoms with Gasteiger partial charge in [0.25, 0.3) is 11.8 Å². The van der Waals surface area contributed by atoms with E-state index in [1.807, 2.05) is 18.2 Å². The molecule has 0 spiro atoms. The SMILES string of the molecule is NC(=O)c1cc(NC2C(=O)Nc3ccccc32)ccc1F. The zero-order valence-electron chi connectivity index (χ0n) is 10.9. The second-order valence-electron chi connectivity index (χ2n) is 4.71. The molecule has 1 aliphatic heterocycles. The summed E-state index contributed by atoms with van der Waals surface area (Å²) in [5.74, 6) is -1.75. The molecule has 5 nitrogen and oxygen atoms in total. The molecule has 106 valence electrons. The van der Waals surface area contributed by atoms with Crippen molar-refractivity contribution in [2.24, 2.45) is 5.73 Å². The number of fused-ring (bicyclic) bond motifs is 1. The van der Waals surface area contributed by atoms with Gasteiger partial charge in [0.1, 0.15) is 11.9 Å². The number of amides is 2. The van der Waals surface area contributed by atoms with Crippen molar-refractivity contribution in [3.63, 3.8) is 0 Å². The van der Waals surface area contributed by atoms with Crippen LogP contribution < -0.4 is 16.4 Å². The summed E-state index contributed by atoms with van der Waals surface area (Å²) in [5.41, 5.74) is 6.87. The maximum absolute atomic E-state index is 13.4. The van der Waals surface area contributed by atoms with Gasteiger partial charge in [-0.05, 0) is 24.3 Å². The van der Waals surface area contributed by atoms with Crippen LogP contribution in [0.5, 0.6) is 0 Å². The molecule has 2 amide bonds. The maximum atomic E-state index is 13.4. The Bertz CT molecular complexity index is 745. The predicted octanol–water partition coefficient (Wildman–Crippen LogP) is 2.03. The summed E-state index contributed by atoms with van der Waals surface area (Å²) in [6.07, 6.45) is 0. The zero-order valence-corrected chi connectivity index (χ0v) is 10.9. The van der Waals surface area contributed by atoms with Crippen LogP contribution in [0.2, 0.25) is 0 Å². The minimum atomic E-state index is -0.854. The lowest BCUT2D eigenvalue weighted by molar-refractivity contribution is -0.116. The molecule has 1 atom stereocenters. The Balaban J connectivity index is 1.92. The van der Waals surface area contributed by atoms with Crippen LogP contribution in [0.1, 0.15) is 22.0 Å². The molecule has 2 aromatic carbocycles. The normalized spacial score (nSPS) is 16.2. The van der Waals surface area contributed by atoms with Gasteiger partial charge in [0.15, 0.2) is 0 Å². The van der Waals surface area contributed by atoms with Gasteiger partial charge in [-0.2, -0.15) is 0 Å². The maximum Gasteiger partial charge on any atom is 0.251 e. The average Bonchev–Trinajstić information content (AvgIpc) is 2.77. The molecule has 1 unspecified atom stereocenters. The Hall–Kier alpha value is -2.89. The average molecular weight is 285 g/mol. The highest BCUT2D eigenvalue weighted by molar-refractivity contribution is 6.04. The van der Waals surface area contributed by atoms with Crippen LogP contribution in [0.25, 0.3) is 0 Å². The van der Waals surface area contributed by atoms with Crippen LogP contribution in [0.15, 0.2) is 42.5 Å². The quantitative estimate of drug-likeness (QED) is 0.806. The molecule has 6 heteroatoms. The summed E-state index contributed by atoms with van der Waals surface area (Å²) < 4.78 is 13.4. The van der Waals surface area contributed by atoms with Crippen molar-refractivity contribution in [2.75, 3.05) is 10.6 Å². The molecule has 1 aliphatic rings. The summed E-state index contributed by atoms with van der Waals surface area (Å²) in [7, 11) is 0. The smallest absolute Gasteiger partial charge is 0.251 e. The highest BCUT2D eigenvalue weighted by atomic mass is 19.1. The molecular weight excluding hydrogens is 273 g/mol. The third kappa shape index (κ3) is 2.31. The number of hydrogen-bond donors (Lipinski definition) is 3. The lowest BCUT2D eigenvalue weighted by Gasteiger charge is -2.13. The Kier molecular flexibility index (Phi) is 3.06. The van der Waals surface area contributed by atoms with E-state index in [1.54, 1.807) is 6.07 Å². The third-order valence-corrected chi connectivity index (χ3v) is 3.33. The second kappa shape index (κ2) is 4.90. The monoisotopic (exact) mass is 285 g/mol. The summed E-state index contributed by atoms with van der Waals surface area (Å²) in [6, 6.07) is 10.6. The van der Waals surface area contributed by atoms with Crippen molar-refractivity contribution >= 4 is 23.2 Å². The first kappa shape index (κ1) is 13.1. The number of anilines is 2. The summed E-state index contributed by atoms with van der Waals surface area (Å²) in [5, 5.41) is 5.73. The summed E-state index contributed by atoms with van der Waals surface area (Å²) in [4.78, 5) is 23.1. The van der Waals surface area contributed by atoms with Gasteiger partial charge in [-0.15, -0.1) is 0 Å². The van der Waals surface area contributed by atoms with Crippen LogP contribution >= 0.6 is 0 Å². The van der Waals surface area contributed by atoms with E-state index in [-0.39, 0.29) is 11.5 Å². The van der Waals surface area contributed by atoms with Gasteiger partial charge in [0.2, 0.25) is 0 Å². The fourth-order valence-corrected chi connectivity index (χ4v) is 2.32. The molecule has 4 N–H and O–H groups in total. The van der Waals surface area contributed by atoms with E-state index >= 15 is 0 Å². The lowest BCUT2D eigenvalue weighted by Crippen LogP contribution is -2.20. The second-order valence-corrected chi connectivity index (χ2v) is 4.71. The number of halogens is 1. The molecule has 3 rings (SSSR count). The summed E-state index contributed by atoms with van der Waals surface area (Å²) >= 11 is 0. The predicted molar refractivity (Wildman–Crippen MR) is 76.4 cm³/mol. The first-order valence-electron chi connectivity index (χ1n) is 6.32. The van der Waals surface area contributed by atoms with Crippen LogP contribution in [0, 0.1) is 5.82 Å².